The SMILES string of the molecule is CC(O)C=O.COc1nc(Nc2cc(-c3ccc(OC4CCN(C)CC4(F)F)c(C#N)c3)ncn2)ccc1N1CCN(C2COC2)C[C@H]1C. The molecule has 2 unspecified atom stereocenters. The highest BCUT2D eigenvalue weighted by Crippen LogP contribution is 2.35. The van der Waals surface area contributed by atoms with Gasteiger partial charge in [-0.15, -0.1) is 0 Å². The van der Waals surface area contributed by atoms with Crippen LogP contribution in [-0.2, 0) is 9.53 Å². The molecule has 3 fully saturated rings. The number of rotatable bonds is 9. The number of halogens is 2. The number of aldehydes is 1. The van der Waals surface area contributed by atoms with Gasteiger partial charge in [0.05, 0.1) is 44.2 Å². The van der Waals surface area contributed by atoms with E-state index < -0.39 is 18.1 Å². The summed E-state index contributed by atoms with van der Waals surface area (Å²) in [7, 11) is 3.26. The summed E-state index contributed by atoms with van der Waals surface area (Å²) >= 11 is 0. The first-order valence-corrected chi connectivity index (χ1v) is 16.1. The highest BCUT2D eigenvalue weighted by molar-refractivity contribution is 5.68. The zero-order valence-electron chi connectivity index (χ0n) is 28.1. The van der Waals surface area contributed by atoms with Crippen LogP contribution in [0.4, 0.5) is 26.1 Å². The van der Waals surface area contributed by atoms with Crippen LogP contribution >= 0.6 is 0 Å². The third kappa shape index (κ3) is 8.76. The third-order valence-electron chi connectivity index (χ3n) is 8.65. The van der Waals surface area contributed by atoms with Crippen molar-refractivity contribution in [2.45, 2.75) is 50.5 Å². The van der Waals surface area contributed by atoms with Gasteiger partial charge in [0, 0.05) is 50.3 Å². The van der Waals surface area contributed by atoms with E-state index in [1.54, 1.807) is 43.3 Å². The minimum atomic E-state index is -3.01. The van der Waals surface area contributed by atoms with Crippen molar-refractivity contribution in [1.29, 1.82) is 5.26 Å². The number of alkyl halides is 2. The lowest BCUT2D eigenvalue weighted by Gasteiger charge is -2.46. The lowest BCUT2D eigenvalue weighted by molar-refractivity contribution is -0.135. The molecule has 0 bridgehead atoms. The number of piperidine rings is 1. The van der Waals surface area contributed by atoms with Gasteiger partial charge in [-0.05, 0) is 51.2 Å². The Morgan fingerprint density at radius 1 is 1.16 bits per heavy atom. The van der Waals surface area contributed by atoms with Gasteiger partial charge in [0.15, 0.2) is 6.10 Å². The molecule has 13 nitrogen and oxygen atoms in total. The van der Waals surface area contributed by atoms with Crippen LogP contribution in [0, 0.1) is 11.3 Å². The van der Waals surface area contributed by atoms with E-state index in [1.807, 2.05) is 12.1 Å². The molecule has 3 aliphatic rings. The Kier molecular flexibility index (Phi) is 11.6. The third-order valence-corrected chi connectivity index (χ3v) is 8.65. The Bertz CT molecular complexity index is 1640. The van der Waals surface area contributed by atoms with E-state index in [1.165, 1.54) is 13.3 Å². The molecule has 3 atom stereocenters. The predicted molar refractivity (Wildman–Crippen MR) is 178 cm³/mol. The van der Waals surface area contributed by atoms with E-state index in [0.29, 0.717) is 53.7 Å². The van der Waals surface area contributed by atoms with Crippen molar-refractivity contribution in [3.8, 4) is 29.0 Å². The van der Waals surface area contributed by atoms with Gasteiger partial charge in [-0.25, -0.2) is 18.7 Å². The Morgan fingerprint density at radius 3 is 2.57 bits per heavy atom. The van der Waals surface area contributed by atoms with Crippen LogP contribution in [-0.4, -0.2) is 126 Å². The minimum Gasteiger partial charge on any atom is -0.483 e. The number of nitriles is 1. The molecule has 6 rings (SSSR count). The first-order valence-electron chi connectivity index (χ1n) is 16.1. The van der Waals surface area contributed by atoms with Crippen LogP contribution in [0.5, 0.6) is 11.6 Å². The molecule has 5 heterocycles. The number of anilines is 3. The molecule has 0 spiro atoms. The van der Waals surface area contributed by atoms with Crippen molar-refractivity contribution >= 4 is 23.6 Å². The molecule has 0 aliphatic carbocycles. The number of carbonyl (C=O) groups is 1. The Hall–Kier alpha value is -4.49. The van der Waals surface area contributed by atoms with Crippen LogP contribution in [0.15, 0.2) is 42.7 Å². The second kappa shape index (κ2) is 15.8. The van der Waals surface area contributed by atoms with Crippen LogP contribution in [0.3, 0.4) is 0 Å². The number of carbonyl (C=O) groups excluding carboxylic acids is 1. The molecule has 3 saturated heterocycles. The number of benzene rings is 1. The fourth-order valence-electron chi connectivity index (χ4n) is 5.96. The Labute approximate surface area is 284 Å². The molecule has 0 radical (unpaired) electrons. The van der Waals surface area contributed by atoms with Gasteiger partial charge < -0.3 is 39.2 Å². The number of aliphatic hydroxyl groups is 1. The molecule has 49 heavy (non-hydrogen) atoms. The van der Waals surface area contributed by atoms with Crippen LogP contribution < -0.4 is 19.7 Å². The highest BCUT2D eigenvalue weighted by Gasteiger charge is 2.45. The first-order chi connectivity index (χ1) is 23.5. The molecular formula is C34H42F2N8O5. The zero-order valence-corrected chi connectivity index (χ0v) is 28.1. The Morgan fingerprint density at radius 2 is 1.94 bits per heavy atom. The molecule has 0 amide bonds. The van der Waals surface area contributed by atoms with E-state index in [9.17, 15) is 18.8 Å². The van der Waals surface area contributed by atoms with E-state index in [0.717, 1.165) is 38.5 Å². The zero-order chi connectivity index (χ0) is 35.1. The van der Waals surface area contributed by atoms with Crippen molar-refractivity contribution in [2.24, 2.45) is 0 Å². The lowest BCUT2D eigenvalue weighted by atomic mass is 10.0. The number of nitrogens with zero attached hydrogens (tertiary/aromatic N) is 7. The van der Waals surface area contributed by atoms with Gasteiger partial charge in [0.2, 0.25) is 5.88 Å². The van der Waals surface area contributed by atoms with Gasteiger partial charge in [0.1, 0.15) is 47.9 Å². The van der Waals surface area contributed by atoms with Crippen molar-refractivity contribution in [2.75, 3.05) is 70.3 Å². The summed E-state index contributed by atoms with van der Waals surface area (Å²) in [5, 5.41) is 21.0. The van der Waals surface area contributed by atoms with Gasteiger partial charge >= 0.3 is 0 Å². The number of methoxy groups -OCH3 is 1. The maximum Gasteiger partial charge on any atom is 0.296 e. The number of likely N-dealkylation sites (tertiary alicyclic amines) is 1. The average molecular weight is 681 g/mol. The summed E-state index contributed by atoms with van der Waals surface area (Å²) in [6.07, 6.45) is -0.0387. The first kappa shape index (κ1) is 35.8. The normalized spacial score (nSPS) is 21.7. The standard InChI is InChI=1S/C31H36F2N8O3.C3H6O2/c1-20-15-40(23-16-43-17-23)10-11-41(20)25-5-7-28(38-30(25)42-3)37-29-13-24(35-19-36-29)21-4-6-26(22(12-21)14-34)44-27-8-9-39(2)18-31(27,32)33;1-3(5)2-4/h4-7,12-13,19-20,23,27H,8-11,15-18H2,1-3H3,(H,35,36,37,38);2-3,5H,1H3/t20-,27?;/m1./s1. The van der Waals surface area contributed by atoms with Gasteiger partial charge in [-0.1, -0.05) is 0 Å². The summed E-state index contributed by atoms with van der Waals surface area (Å²) in [5.41, 5.74) is 2.26. The van der Waals surface area contributed by atoms with Crippen molar-refractivity contribution in [3.63, 3.8) is 0 Å². The predicted octanol–water partition coefficient (Wildman–Crippen LogP) is 3.36. The number of nitrogens with one attached hydrogen (secondary N) is 1. The van der Waals surface area contributed by atoms with Crippen molar-refractivity contribution in [1.82, 2.24) is 24.8 Å². The monoisotopic (exact) mass is 680 g/mol. The van der Waals surface area contributed by atoms with Crippen molar-refractivity contribution < 1.29 is 32.9 Å². The van der Waals surface area contributed by atoms with Crippen LogP contribution in [0.25, 0.3) is 11.3 Å². The average Bonchev–Trinajstić information content (AvgIpc) is 3.05. The summed E-state index contributed by atoms with van der Waals surface area (Å²) in [5.74, 6) is -1.33. The summed E-state index contributed by atoms with van der Waals surface area (Å²) < 4.78 is 45.8. The maximum absolute atomic E-state index is 14.6. The van der Waals surface area contributed by atoms with Gasteiger partial charge in [-0.2, -0.15) is 10.2 Å². The fourth-order valence-corrected chi connectivity index (χ4v) is 5.96. The number of ether oxygens (including phenoxy) is 3. The molecule has 1 aromatic carbocycles. The molecule has 2 N–H and O–H groups in total. The summed E-state index contributed by atoms with van der Waals surface area (Å²) in [6, 6.07) is 13.3. The number of pyridine rings is 1. The van der Waals surface area contributed by atoms with Gasteiger partial charge in [0.25, 0.3) is 5.92 Å². The maximum atomic E-state index is 14.6. The van der Waals surface area contributed by atoms with Crippen LogP contribution in [0.2, 0.25) is 0 Å². The summed E-state index contributed by atoms with van der Waals surface area (Å²) in [4.78, 5) is 29.0. The fraction of sp³-hybridized carbons (Fsp3) is 0.500. The highest BCUT2D eigenvalue weighted by atomic mass is 19.3. The van der Waals surface area contributed by atoms with E-state index in [-0.39, 0.29) is 24.3 Å². The number of hydrogen-bond acceptors (Lipinski definition) is 13. The molecule has 2 aromatic heterocycles. The number of aromatic nitrogens is 3. The minimum absolute atomic E-state index is 0.127. The molecule has 0 saturated carbocycles. The largest absolute Gasteiger partial charge is 0.483 e. The molecule has 262 valence electrons. The second-order valence-electron chi connectivity index (χ2n) is 12.5. The smallest absolute Gasteiger partial charge is 0.296 e. The van der Waals surface area contributed by atoms with E-state index in [2.05, 4.69) is 38.1 Å². The van der Waals surface area contributed by atoms with Crippen molar-refractivity contribution in [3.05, 3.63) is 48.3 Å². The van der Waals surface area contributed by atoms with E-state index in [4.69, 9.17) is 24.3 Å². The van der Waals surface area contributed by atoms with Gasteiger partial charge in [-0.3, -0.25) is 4.90 Å². The lowest BCUT2D eigenvalue weighted by Crippen LogP contribution is -2.59. The molecule has 15 heteroatoms. The molecule has 3 aliphatic heterocycles. The molecular weight excluding hydrogens is 638 g/mol. The van der Waals surface area contributed by atoms with Crippen LogP contribution in [0.1, 0.15) is 25.8 Å². The number of hydrogen-bond donors (Lipinski definition) is 2. The molecule has 3 aromatic rings. The number of piperazine rings is 1. The quantitative estimate of drug-likeness (QED) is 0.319. The van der Waals surface area contributed by atoms with E-state index >= 15 is 0 Å². The number of aliphatic hydroxyl groups excluding tert-OH is 1. The second-order valence-corrected chi connectivity index (χ2v) is 12.5. The topological polar surface area (TPSA) is 149 Å². The Balaban J connectivity index is 0.000000874. The summed E-state index contributed by atoms with van der Waals surface area (Å²) in [6.45, 7) is 8.12.